The molecule has 0 aliphatic rings. The fourth-order valence-electron chi connectivity index (χ4n) is 1.36. The molecule has 0 unspecified atom stereocenters. The first-order valence-electron chi connectivity index (χ1n) is 6.41. The van der Waals surface area contributed by atoms with Crippen LogP contribution in [0, 0.1) is 0 Å². The van der Waals surface area contributed by atoms with Crippen LogP contribution in [0.4, 0.5) is 13.2 Å². The quantitative estimate of drug-likeness (QED) is 0.360. The third-order valence-electron chi connectivity index (χ3n) is 2.27. The zero-order chi connectivity index (χ0) is 16.6. The average Bonchev–Trinajstić information content (AvgIpc) is 2.45. The van der Waals surface area contributed by atoms with Crippen molar-refractivity contribution in [2.24, 2.45) is 0 Å². The number of rotatable bonds is 7. The van der Waals surface area contributed by atoms with Gasteiger partial charge in [0.05, 0.1) is 4.91 Å². The summed E-state index contributed by atoms with van der Waals surface area (Å²) < 4.78 is 45.5. The van der Waals surface area contributed by atoms with Crippen LogP contribution in [-0.2, 0) is 4.79 Å². The second kappa shape index (κ2) is 9.99. The van der Waals surface area contributed by atoms with Crippen LogP contribution < -0.4 is 9.47 Å². The Labute approximate surface area is 138 Å². The van der Waals surface area contributed by atoms with Crippen LogP contribution in [0.2, 0.25) is 0 Å². The molecule has 0 N–H and O–H groups in total. The fourth-order valence-corrected chi connectivity index (χ4v) is 2.15. The number of hydrogen-bond donors (Lipinski definition) is 0. The Bertz CT molecular complexity index is 549. The number of thioether (sulfide) groups is 1. The molecule has 0 aromatic heterocycles. The van der Waals surface area contributed by atoms with Gasteiger partial charge in [-0.25, -0.2) is 0 Å². The van der Waals surface area contributed by atoms with Gasteiger partial charge in [0.15, 0.2) is 11.4 Å². The van der Waals surface area contributed by atoms with Crippen LogP contribution in [0.5, 0.6) is 11.5 Å². The van der Waals surface area contributed by atoms with Crippen molar-refractivity contribution in [2.45, 2.75) is 34.1 Å². The minimum Gasteiger partial charge on any atom is -0.451 e. The molecule has 0 saturated carbocycles. The molecule has 3 nitrogen and oxygen atoms in total. The van der Waals surface area contributed by atoms with E-state index in [0.717, 1.165) is 23.9 Å². The van der Waals surface area contributed by atoms with E-state index in [0.29, 0.717) is 28.5 Å². The van der Waals surface area contributed by atoms with E-state index in [2.05, 4.69) is 4.74 Å². The maximum absolute atomic E-state index is 12.1. The summed E-state index contributed by atoms with van der Waals surface area (Å²) in [6, 6.07) is 5.05. The molecule has 0 saturated heterocycles. The lowest BCUT2D eigenvalue weighted by Gasteiger charge is -2.11. The maximum atomic E-state index is 12.1. The highest BCUT2D eigenvalue weighted by Gasteiger charge is 2.30. The van der Waals surface area contributed by atoms with Gasteiger partial charge in [-0.1, -0.05) is 20.4 Å². The van der Waals surface area contributed by atoms with Crippen LogP contribution in [0.25, 0.3) is 0 Å². The summed E-state index contributed by atoms with van der Waals surface area (Å²) in [7, 11) is 0. The first kappa shape index (κ1) is 21.1. The van der Waals surface area contributed by atoms with Crippen molar-refractivity contribution >= 4 is 18.0 Å². The predicted molar refractivity (Wildman–Crippen MR) is 86.3 cm³/mol. The van der Waals surface area contributed by atoms with Crippen molar-refractivity contribution in [1.82, 2.24) is 0 Å². The lowest BCUT2D eigenvalue weighted by Crippen LogP contribution is -2.16. The standard InChI is InChI=1S/C15H15F3O3S.CH4/c1-3-5-14(22-13(4-2)10-19)20-11-6-8-12(9-7-11)21-15(16,17)18;/h4-10H,3H2,1-2H3;1H4/b13-4-,14-5+;. The smallest absolute Gasteiger partial charge is 0.451 e. The molecule has 0 radical (unpaired) electrons. The van der Waals surface area contributed by atoms with Gasteiger partial charge < -0.3 is 9.47 Å². The number of hydrogen-bond acceptors (Lipinski definition) is 4. The van der Waals surface area contributed by atoms with Gasteiger partial charge in [-0.05, 0) is 55.4 Å². The van der Waals surface area contributed by atoms with Crippen molar-refractivity contribution in [3.05, 3.63) is 46.4 Å². The lowest BCUT2D eigenvalue weighted by molar-refractivity contribution is -0.274. The largest absolute Gasteiger partial charge is 0.573 e. The second-order valence-electron chi connectivity index (χ2n) is 3.96. The molecule has 0 fully saturated rings. The summed E-state index contributed by atoms with van der Waals surface area (Å²) in [6.07, 6.45) is 0.0874. The number of halogens is 3. The van der Waals surface area contributed by atoms with Crippen molar-refractivity contribution < 1.29 is 27.4 Å². The Morgan fingerprint density at radius 1 is 1.22 bits per heavy atom. The van der Waals surface area contributed by atoms with Crippen molar-refractivity contribution in [3.8, 4) is 11.5 Å². The summed E-state index contributed by atoms with van der Waals surface area (Å²) in [5.74, 6) is 0.0265. The molecule has 0 aliphatic heterocycles. The Hall–Kier alpha value is -1.89. The van der Waals surface area contributed by atoms with Gasteiger partial charge in [-0.3, -0.25) is 4.79 Å². The van der Waals surface area contributed by atoms with Gasteiger partial charge in [0.2, 0.25) is 0 Å². The van der Waals surface area contributed by atoms with Crippen LogP contribution >= 0.6 is 11.8 Å². The molecule has 1 aromatic rings. The number of carbonyl (C=O) groups excluding carboxylic acids is 1. The fraction of sp³-hybridized carbons (Fsp3) is 0.312. The summed E-state index contributed by atoms with van der Waals surface area (Å²) >= 11 is 1.14. The van der Waals surface area contributed by atoms with Gasteiger partial charge in [-0.2, -0.15) is 0 Å². The van der Waals surface area contributed by atoms with E-state index in [1.54, 1.807) is 19.1 Å². The Morgan fingerprint density at radius 3 is 2.22 bits per heavy atom. The summed E-state index contributed by atoms with van der Waals surface area (Å²) in [4.78, 5) is 11.3. The molecule has 0 amide bonds. The van der Waals surface area contributed by atoms with E-state index in [-0.39, 0.29) is 13.2 Å². The summed E-state index contributed by atoms with van der Waals surface area (Å²) in [5, 5.41) is 0.479. The van der Waals surface area contributed by atoms with Crippen molar-refractivity contribution in [3.63, 3.8) is 0 Å². The predicted octanol–water partition coefficient (Wildman–Crippen LogP) is 5.69. The number of allylic oxidation sites excluding steroid dienone is 3. The van der Waals surface area contributed by atoms with E-state index < -0.39 is 6.36 Å². The average molecular weight is 348 g/mol. The van der Waals surface area contributed by atoms with Crippen molar-refractivity contribution in [2.75, 3.05) is 0 Å². The number of carbonyl (C=O) groups is 1. The van der Waals surface area contributed by atoms with Crippen LogP contribution in [-0.4, -0.2) is 12.6 Å². The van der Waals surface area contributed by atoms with Gasteiger partial charge in [0.1, 0.15) is 11.5 Å². The molecule has 7 heteroatoms. The van der Waals surface area contributed by atoms with Gasteiger partial charge in [-0.15, -0.1) is 13.2 Å². The zero-order valence-corrected chi connectivity index (χ0v) is 12.8. The molecule has 0 bridgehead atoms. The topological polar surface area (TPSA) is 35.5 Å². The maximum Gasteiger partial charge on any atom is 0.573 e. The number of benzene rings is 1. The first-order valence-corrected chi connectivity index (χ1v) is 7.22. The molecule has 128 valence electrons. The Kier molecular flexibility index (Phi) is 9.17. The Balaban J connectivity index is 0.00000484. The van der Waals surface area contributed by atoms with Crippen LogP contribution in [0.1, 0.15) is 27.7 Å². The zero-order valence-electron chi connectivity index (χ0n) is 12.0. The van der Waals surface area contributed by atoms with Crippen LogP contribution in [0.3, 0.4) is 0 Å². The highest BCUT2D eigenvalue weighted by atomic mass is 32.2. The summed E-state index contributed by atoms with van der Waals surface area (Å²) in [5.41, 5.74) is 0. The normalized spacial score (nSPS) is 12.4. The highest BCUT2D eigenvalue weighted by Crippen LogP contribution is 2.29. The Morgan fingerprint density at radius 2 is 1.78 bits per heavy atom. The van der Waals surface area contributed by atoms with E-state index in [4.69, 9.17) is 4.74 Å². The van der Waals surface area contributed by atoms with Crippen LogP contribution in [0.15, 0.2) is 46.4 Å². The van der Waals surface area contributed by atoms with E-state index in [1.807, 2.05) is 6.92 Å². The molecule has 0 spiro atoms. The summed E-state index contributed by atoms with van der Waals surface area (Å²) in [6.45, 7) is 3.63. The molecular formula is C16H19F3O3S. The van der Waals surface area contributed by atoms with E-state index in [1.165, 1.54) is 12.1 Å². The van der Waals surface area contributed by atoms with Gasteiger partial charge in [0, 0.05) is 0 Å². The van der Waals surface area contributed by atoms with E-state index >= 15 is 0 Å². The third kappa shape index (κ3) is 8.35. The minimum absolute atomic E-state index is 0. The third-order valence-corrected chi connectivity index (χ3v) is 3.28. The molecule has 0 atom stereocenters. The lowest BCUT2D eigenvalue weighted by atomic mass is 10.3. The van der Waals surface area contributed by atoms with E-state index in [9.17, 15) is 18.0 Å². The minimum atomic E-state index is -4.73. The molecule has 0 aliphatic carbocycles. The molecule has 23 heavy (non-hydrogen) atoms. The molecule has 1 rings (SSSR count). The number of alkyl halides is 3. The highest BCUT2D eigenvalue weighted by molar-refractivity contribution is 8.07. The van der Waals surface area contributed by atoms with Gasteiger partial charge >= 0.3 is 6.36 Å². The number of ether oxygens (including phenoxy) is 2. The monoisotopic (exact) mass is 348 g/mol. The second-order valence-corrected chi connectivity index (χ2v) is 5.04. The first-order chi connectivity index (χ1) is 10.4. The SMILES string of the molecule is C.C/C=C(/C=O)S/C(=C/CC)Oc1ccc(OC(F)(F)F)cc1. The molecular weight excluding hydrogens is 329 g/mol. The molecule has 1 aromatic carbocycles. The van der Waals surface area contributed by atoms with Gasteiger partial charge in [0.25, 0.3) is 0 Å². The molecule has 0 heterocycles. The number of aldehydes is 1. The van der Waals surface area contributed by atoms with Crippen molar-refractivity contribution in [1.29, 1.82) is 0 Å².